The Morgan fingerprint density at radius 2 is 1.88 bits per heavy atom. The summed E-state index contributed by atoms with van der Waals surface area (Å²) in [4.78, 5) is 12.3. The molecule has 0 unspecified atom stereocenters. The second-order valence-electron chi connectivity index (χ2n) is 5.74. The fourth-order valence-corrected chi connectivity index (χ4v) is 3.47. The molecule has 0 saturated carbocycles. The highest BCUT2D eigenvalue weighted by Gasteiger charge is 2.22. The summed E-state index contributed by atoms with van der Waals surface area (Å²) in [5.74, 6) is -1.17. The lowest BCUT2D eigenvalue weighted by Gasteiger charge is -2.24. The third-order valence-corrected chi connectivity index (χ3v) is 4.93. The van der Waals surface area contributed by atoms with Gasteiger partial charge in [-0.3, -0.25) is 9.10 Å². The predicted molar refractivity (Wildman–Crippen MR) is 98.1 cm³/mol. The average Bonchev–Trinajstić information content (AvgIpc) is 2.48. The van der Waals surface area contributed by atoms with Crippen molar-refractivity contribution in [2.75, 3.05) is 22.4 Å². The summed E-state index contributed by atoms with van der Waals surface area (Å²) in [6, 6.07) is 9.01. The number of sulfonamides is 1. The van der Waals surface area contributed by atoms with Gasteiger partial charge in [-0.2, -0.15) is 0 Å². The summed E-state index contributed by atoms with van der Waals surface area (Å²) in [7, 11) is -3.67. The van der Waals surface area contributed by atoms with Crippen LogP contribution in [0.1, 0.15) is 11.1 Å². The van der Waals surface area contributed by atoms with Crippen LogP contribution in [-0.4, -0.2) is 27.1 Å². The van der Waals surface area contributed by atoms with Gasteiger partial charge < -0.3 is 5.32 Å². The Bertz CT molecular complexity index is 916. The Morgan fingerprint density at radius 3 is 2.44 bits per heavy atom. The van der Waals surface area contributed by atoms with E-state index in [0.717, 1.165) is 27.8 Å². The monoisotopic (exact) mass is 384 g/mol. The van der Waals surface area contributed by atoms with Crippen molar-refractivity contribution in [2.24, 2.45) is 0 Å². The number of halogens is 2. The molecule has 1 amide bonds. The highest BCUT2D eigenvalue weighted by molar-refractivity contribution is 7.92. The van der Waals surface area contributed by atoms with E-state index in [1.807, 2.05) is 13.0 Å². The molecule has 1 N–H and O–H groups in total. The lowest BCUT2D eigenvalue weighted by atomic mass is 10.1. The lowest BCUT2D eigenvalue weighted by Crippen LogP contribution is -2.37. The molecule has 0 aromatic heterocycles. The highest BCUT2D eigenvalue weighted by Crippen LogP contribution is 2.24. The fourth-order valence-electron chi connectivity index (χ4n) is 2.37. The molecule has 134 valence electrons. The van der Waals surface area contributed by atoms with Gasteiger partial charge in [0, 0.05) is 5.69 Å². The molecule has 2 aromatic rings. The van der Waals surface area contributed by atoms with E-state index in [1.54, 1.807) is 19.1 Å². The number of nitrogens with zero attached hydrogens (tertiary/aromatic N) is 1. The number of rotatable bonds is 5. The number of hydrogen-bond donors (Lipinski definition) is 1. The first-order chi connectivity index (χ1) is 11.6. The van der Waals surface area contributed by atoms with Crippen LogP contribution in [0.2, 0.25) is 5.02 Å². The zero-order valence-electron chi connectivity index (χ0n) is 14.0. The van der Waals surface area contributed by atoms with Gasteiger partial charge in [0.1, 0.15) is 12.4 Å². The summed E-state index contributed by atoms with van der Waals surface area (Å²) in [6.07, 6.45) is 1.04. The maximum atomic E-state index is 13.2. The van der Waals surface area contributed by atoms with Gasteiger partial charge in [0.25, 0.3) is 0 Å². The number of aryl methyl sites for hydroxylation is 2. The van der Waals surface area contributed by atoms with Crippen LogP contribution in [0.3, 0.4) is 0 Å². The van der Waals surface area contributed by atoms with Crippen LogP contribution in [0.5, 0.6) is 0 Å². The molecule has 0 spiro atoms. The Kier molecular flexibility index (Phi) is 5.69. The molecule has 0 aliphatic rings. The van der Waals surface area contributed by atoms with E-state index >= 15 is 0 Å². The number of amides is 1. The van der Waals surface area contributed by atoms with Crippen molar-refractivity contribution in [1.82, 2.24) is 0 Å². The third kappa shape index (κ3) is 4.93. The van der Waals surface area contributed by atoms with E-state index in [2.05, 4.69) is 5.32 Å². The summed E-state index contributed by atoms with van der Waals surface area (Å²) in [5, 5.41) is 2.38. The summed E-state index contributed by atoms with van der Waals surface area (Å²) in [6.45, 7) is 3.27. The molecule has 2 rings (SSSR count). The van der Waals surface area contributed by atoms with Gasteiger partial charge in [0.05, 0.1) is 17.0 Å². The normalized spacial score (nSPS) is 11.2. The van der Waals surface area contributed by atoms with Gasteiger partial charge >= 0.3 is 0 Å². The minimum absolute atomic E-state index is 0.132. The Balaban J connectivity index is 2.25. The van der Waals surface area contributed by atoms with Crippen molar-refractivity contribution in [3.05, 3.63) is 58.4 Å². The molecule has 0 aliphatic heterocycles. The van der Waals surface area contributed by atoms with Crippen molar-refractivity contribution >= 4 is 38.9 Å². The van der Waals surface area contributed by atoms with Gasteiger partial charge in [0.2, 0.25) is 15.9 Å². The van der Waals surface area contributed by atoms with Crippen LogP contribution in [-0.2, 0) is 14.8 Å². The van der Waals surface area contributed by atoms with Crippen LogP contribution in [0.25, 0.3) is 0 Å². The van der Waals surface area contributed by atoms with Crippen LogP contribution < -0.4 is 9.62 Å². The Labute approximate surface area is 151 Å². The van der Waals surface area contributed by atoms with Crippen LogP contribution >= 0.6 is 11.6 Å². The molecule has 2 aromatic carbocycles. The highest BCUT2D eigenvalue weighted by atomic mass is 35.5. The molecule has 5 nitrogen and oxygen atoms in total. The minimum atomic E-state index is -3.67. The van der Waals surface area contributed by atoms with Crippen LogP contribution in [0, 0.1) is 19.7 Å². The third-order valence-electron chi connectivity index (χ3n) is 3.51. The van der Waals surface area contributed by atoms with E-state index in [4.69, 9.17) is 11.6 Å². The first-order valence-electron chi connectivity index (χ1n) is 7.38. The van der Waals surface area contributed by atoms with Gasteiger partial charge in [-0.15, -0.1) is 0 Å². The van der Waals surface area contributed by atoms with E-state index in [-0.39, 0.29) is 10.7 Å². The lowest BCUT2D eigenvalue weighted by molar-refractivity contribution is -0.114. The van der Waals surface area contributed by atoms with E-state index in [9.17, 15) is 17.6 Å². The summed E-state index contributed by atoms with van der Waals surface area (Å²) >= 11 is 5.67. The first kappa shape index (κ1) is 19.2. The molecule has 0 heterocycles. The number of anilines is 2. The number of nitrogens with one attached hydrogen (secondary N) is 1. The van der Waals surface area contributed by atoms with Crippen LogP contribution in [0.15, 0.2) is 36.4 Å². The standard InChI is InChI=1S/C17H18ClFN2O3S/c1-11-4-7-16(12(2)8-11)21(25(3,23)24)10-17(22)20-13-5-6-15(19)14(18)9-13/h4-9H,10H2,1-3H3,(H,20,22). The van der Waals surface area contributed by atoms with Gasteiger partial charge in [-0.05, 0) is 43.7 Å². The maximum Gasteiger partial charge on any atom is 0.245 e. The zero-order valence-corrected chi connectivity index (χ0v) is 15.6. The molecule has 0 bridgehead atoms. The Morgan fingerprint density at radius 1 is 1.20 bits per heavy atom. The summed E-state index contributed by atoms with van der Waals surface area (Å²) in [5.41, 5.74) is 2.44. The zero-order chi connectivity index (χ0) is 18.8. The predicted octanol–water partition coefficient (Wildman–Crippen LogP) is 3.50. The average molecular weight is 385 g/mol. The van der Waals surface area contributed by atoms with Crippen LogP contribution in [0.4, 0.5) is 15.8 Å². The number of benzene rings is 2. The fraction of sp³-hybridized carbons (Fsp3) is 0.235. The van der Waals surface area contributed by atoms with Crippen molar-refractivity contribution in [1.29, 1.82) is 0 Å². The van der Waals surface area contributed by atoms with Gasteiger partial charge in [-0.25, -0.2) is 12.8 Å². The van der Waals surface area contributed by atoms with Gasteiger partial charge in [-0.1, -0.05) is 29.3 Å². The summed E-state index contributed by atoms with van der Waals surface area (Å²) < 4.78 is 38.5. The second kappa shape index (κ2) is 7.41. The SMILES string of the molecule is Cc1ccc(N(CC(=O)Nc2ccc(F)c(Cl)c2)S(C)(=O)=O)c(C)c1. The largest absolute Gasteiger partial charge is 0.324 e. The minimum Gasteiger partial charge on any atom is -0.324 e. The maximum absolute atomic E-state index is 13.2. The molecule has 8 heteroatoms. The van der Waals surface area contributed by atoms with E-state index in [1.165, 1.54) is 12.1 Å². The first-order valence-corrected chi connectivity index (χ1v) is 9.60. The smallest absolute Gasteiger partial charge is 0.245 e. The molecule has 0 aliphatic carbocycles. The molecular formula is C17H18ClFN2O3S. The van der Waals surface area contributed by atoms with Crippen molar-refractivity contribution < 1.29 is 17.6 Å². The molecule has 0 fully saturated rings. The molecule has 0 atom stereocenters. The Hall–Kier alpha value is -2.12. The van der Waals surface area contributed by atoms with Crippen molar-refractivity contribution in [3.63, 3.8) is 0 Å². The topological polar surface area (TPSA) is 66.5 Å². The number of carbonyl (C=O) groups excluding carboxylic acids is 1. The van der Waals surface area contributed by atoms with Crippen molar-refractivity contribution in [2.45, 2.75) is 13.8 Å². The van der Waals surface area contributed by atoms with E-state index in [0.29, 0.717) is 5.69 Å². The van der Waals surface area contributed by atoms with E-state index < -0.39 is 28.3 Å². The number of carbonyl (C=O) groups is 1. The second-order valence-corrected chi connectivity index (χ2v) is 8.05. The molecule has 25 heavy (non-hydrogen) atoms. The molecular weight excluding hydrogens is 367 g/mol. The quantitative estimate of drug-likeness (QED) is 0.857. The van der Waals surface area contributed by atoms with Crippen molar-refractivity contribution in [3.8, 4) is 0 Å². The number of hydrogen-bond acceptors (Lipinski definition) is 3. The molecule has 0 radical (unpaired) electrons. The molecule has 0 saturated heterocycles. The van der Waals surface area contributed by atoms with Gasteiger partial charge in [0.15, 0.2) is 0 Å².